The second-order valence-electron chi connectivity index (χ2n) is 4.71. The molecule has 1 fully saturated rings. The molecule has 0 radical (unpaired) electrons. The van der Waals surface area contributed by atoms with Gasteiger partial charge in [-0.2, -0.15) is 0 Å². The fraction of sp³-hybridized carbons (Fsp3) is 0.385. The molecule has 6 heteroatoms. The molecule has 0 saturated carbocycles. The number of carboxylic acids is 1. The van der Waals surface area contributed by atoms with Crippen molar-refractivity contribution in [3.05, 3.63) is 29.8 Å². The summed E-state index contributed by atoms with van der Waals surface area (Å²) in [6, 6.07) is 3.58. The van der Waals surface area contributed by atoms with Crippen LogP contribution in [0, 0.1) is 5.92 Å². The topological polar surface area (TPSA) is 75.9 Å². The second-order valence-corrected chi connectivity index (χ2v) is 4.71. The maximum Gasteiger partial charge on any atom is 0.356 e. The van der Waals surface area contributed by atoms with E-state index in [2.05, 4.69) is 10.3 Å². The molecule has 0 atom stereocenters. The Morgan fingerprint density at radius 3 is 3.00 bits per heavy atom. The summed E-state index contributed by atoms with van der Waals surface area (Å²) in [7, 11) is 1.53. The third-order valence-corrected chi connectivity index (χ3v) is 3.46. The Balaban J connectivity index is 2.14. The van der Waals surface area contributed by atoms with Gasteiger partial charge in [0, 0.05) is 12.6 Å². The van der Waals surface area contributed by atoms with E-state index in [-0.39, 0.29) is 5.69 Å². The molecule has 2 aromatic heterocycles. The summed E-state index contributed by atoms with van der Waals surface area (Å²) < 4.78 is 7.06. The van der Waals surface area contributed by atoms with E-state index in [4.69, 9.17) is 4.74 Å². The van der Waals surface area contributed by atoms with Crippen LogP contribution in [-0.2, 0) is 6.42 Å². The van der Waals surface area contributed by atoms with Gasteiger partial charge in [-0.25, -0.2) is 9.78 Å². The Bertz CT molecular complexity index is 631. The first kappa shape index (κ1) is 12.0. The predicted molar refractivity (Wildman–Crippen MR) is 68.8 cm³/mol. The van der Waals surface area contributed by atoms with E-state index in [1.807, 2.05) is 16.7 Å². The van der Waals surface area contributed by atoms with Crippen molar-refractivity contribution in [3.8, 4) is 5.75 Å². The number of hydrogen-bond acceptors (Lipinski definition) is 4. The van der Waals surface area contributed by atoms with E-state index < -0.39 is 5.97 Å². The van der Waals surface area contributed by atoms with Crippen molar-refractivity contribution in [3.63, 3.8) is 0 Å². The van der Waals surface area contributed by atoms with Crippen molar-refractivity contribution in [2.45, 2.75) is 6.42 Å². The van der Waals surface area contributed by atoms with E-state index in [1.54, 1.807) is 6.07 Å². The van der Waals surface area contributed by atoms with Crippen LogP contribution >= 0.6 is 0 Å². The Kier molecular flexibility index (Phi) is 2.87. The van der Waals surface area contributed by atoms with Crippen molar-refractivity contribution in [1.29, 1.82) is 0 Å². The van der Waals surface area contributed by atoms with Crippen LogP contribution in [0.25, 0.3) is 5.52 Å². The first-order chi connectivity index (χ1) is 9.20. The fourth-order valence-electron chi connectivity index (χ4n) is 2.38. The van der Waals surface area contributed by atoms with Gasteiger partial charge >= 0.3 is 5.97 Å². The third kappa shape index (κ3) is 1.94. The van der Waals surface area contributed by atoms with Crippen LogP contribution in [0.5, 0.6) is 5.75 Å². The SMILES string of the molecule is COc1cccn2c(CC3CNC3)nc(C(=O)O)c12. The van der Waals surface area contributed by atoms with Crippen molar-refractivity contribution < 1.29 is 14.6 Å². The number of ether oxygens (including phenoxy) is 1. The summed E-state index contributed by atoms with van der Waals surface area (Å²) in [5, 5.41) is 12.5. The molecule has 2 aromatic rings. The Morgan fingerprint density at radius 2 is 2.42 bits per heavy atom. The number of carbonyl (C=O) groups is 1. The van der Waals surface area contributed by atoms with E-state index in [1.165, 1.54) is 7.11 Å². The Hall–Kier alpha value is -2.08. The summed E-state index contributed by atoms with van der Waals surface area (Å²) in [6.07, 6.45) is 2.60. The maximum atomic E-state index is 11.3. The molecule has 0 amide bonds. The summed E-state index contributed by atoms with van der Waals surface area (Å²) in [5.41, 5.74) is 0.583. The normalized spacial score (nSPS) is 15.4. The van der Waals surface area contributed by atoms with Gasteiger partial charge in [0.2, 0.25) is 0 Å². The lowest BCUT2D eigenvalue weighted by Crippen LogP contribution is -2.43. The standard InChI is InChI=1S/C13H15N3O3/c1-19-9-3-2-4-16-10(5-8-6-14-7-8)15-11(12(9)16)13(17)18/h2-4,8,14H,5-7H2,1H3,(H,17,18). The number of aromatic carboxylic acids is 1. The van der Waals surface area contributed by atoms with Crippen LogP contribution in [0.3, 0.4) is 0 Å². The Labute approximate surface area is 110 Å². The number of carboxylic acid groups (broad SMARTS) is 1. The molecule has 3 rings (SSSR count). The molecular formula is C13H15N3O3. The number of hydrogen-bond donors (Lipinski definition) is 2. The monoisotopic (exact) mass is 261 g/mol. The molecule has 0 aliphatic carbocycles. The highest BCUT2D eigenvalue weighted by Crippen LogP contribution is 2.25. The van der Waals surface area contributed by atoms with Gasteiger partial charge in [-0.05, 0) is 31.1 Å². The molecule has 1 aliphatic heterocycles. The van der Waals surface area contributed by atoms with Gasteiger partial charge in [-0.15, -0.1) is 0 Å². The number of rotatable bonds is 4. The van der Waals surface area contributed by atoms with Gasteiger partial charge in [0.25, 0.3) is 0 Å². The molecule has 0 spiro atoms. The van der Waals surface area contributed by atoms with Crippen LogP contribution < -0.4 is 10.1 Å². The lowest BCUT2D eigenvalue weighted by Gasteiger charge is -2.26. The van der Waals surface area contributed by atoms with E-state index in [9.17, 15) is 9.90 Å². The van der Waals surface area contributed by atoms with Crippen LogP contribution in [0.4, 0.5) is 0 Å². The van der Waals surface area contributed by atoms with Gasteiger partial charge in [0.15, 0.2) is 5.69 Å². The summed E-state index contributed by atoms with van der Waals surface area (Å²) >= 11 is 0. The van der Waals surface area contributed by atoms with Gasteiger partial charge in [-0.3, -0.25) is 4.40 Å². The van der Waals surface area contributed by atoms with Crippen molar-refractivity contribution in [1.82, 2.24) is 14.7 Å². The minimum atomic E-state index is -1.03. The molecule has 0 bridgehead atoms. The number of nitrogens with one attached hydrogen (secondary N) is 1. The second kappa shape index (κ2) is 4.55. The number of imidazole rings is 1. The fourth-order valence-corrected chi connectivity index (χ4v) is 2.38. The third-order valence-electron chi connectivity index (χ3n) is 3.46. The molecule has 19 heavy (non-hydrogen) atoms. The number of fused-ring (bicyclic) bond motifs is 1. The van der Waals surface area contributed by atoms with E-state index >= 15 is 0 Å². The summed E-state index contributed by atoms with van der Waals surface area (Å²) in [4.78, 5) is 15.6. The van der Waals surface area contributed by atoms with Gasteiger partial charge in [0.1, 0.15) is 17.1 Å². The predicted octanol–water partition coefficient (Wildman–Crippen LogP) is 0.803. The molecule has 1 saturated heterocycles. The molecule has 1 aliphatic rings. The molecule has 2 N–H and O–H groups in total. The smallest absolute Gasteiger partial charge is 0.356 e. The molecule has 6 nitrogen and oxygen atoms in total. The molecular weight excluding hydrogens is 246 g/mol. The highest BCUT2D eigenvalue weighted by molar-refractivity contribution is 5.95. The highest BCUT2D eigenvalue weighted by Gasteiger charge is 2.24. The summed E-state index contributed by atoms with van der Waals surface area (Å²) in [6.45, 7) is 1.92. The Morgan fingerprint density at radius 1 is 1.63 bits per heavy atom. The number of methoxy groups -OCH3 is 1. The number of aromatic nitrogens is 2. The molecule has 0 unspecified atom stereocenters. The first-order valence-electron chi connectivity index (χ1n) is 6.18. The largest absolute Gasteiger partial charge is 0.494 e. The maximum absolute atomic E-state index is 11.3. The van der Waals surface area contributed by atoms with Crippen LogP contribution in [0.1, 0.15) is 16.3 Å². The average Bonchev–Trinajstić information content (AvgIpc) is 2.73. The minimum Gasteiger partial charge on any atom is -0.494 e. The van der Waals surface area contributed by atoms with Crippen molar-refractivity contribution in [2.75, 3.05) is 20.2 Å². The minimum absolute atomic E-state index is 0.0553. The van der Waals surface area contributed by atoms with Gasteiger partial charge < -0.3 is 15.2 Å². The zero-order valence-corrected chi connectivity index (χ0v) is 10.6. The lowest BCUT2D eigenvalue weighted by molar-refractivity contribution is 0.0693. The molecule has 100 valence electrons. The highest BCUT2D eigenvalue weighted by atomic mass is 16.5. The van der Waals surface area contributed by atoms with Crippen LogP contribution in [0.15, 0.2) is 18.3 Å². The van der Waals surface area contributed by atoms with Crippen molar-refractivity contribution in [2.24, 2.45) is 5.92 Å². The average molecular weight is 261 g/mol. The number of nitrogens with zero attached hydrogens (tertiary/aromatic N) is 2. The lowest BCUT2D eigenvalue weighted by atomic mass is 9.99. The van der Waals surface area contributed by atoms with Crippen molar-refractivity contribution >= 4 is 11.5 Å². The van der Waals surface area contributed by atoms with E-state index in [0.717, 1.165) is 25.3 Å². The molecule has 0 aromatic carbocycles. The van der Waals surface area contributed by atoms with Gasteiger partial charge in [-0.1, -0.05) is 0 Å². The zero-order valence-electron chi connectivity index (χ0n) is 10.6. The quantitative estimate of drug-likeness (QED) is 0.851. The zero-order chi connectivity index (χ0) is 13.4. The van der Waals surface area contributed by atoms with Gasteiger partial charge in [0.05, 0.1) is 7.11 Å². The number of pyridine rings is 1. The first-order valence-corrected chi connectivity index (χ1v) is 6.18. The van der Waals surface area contributed by atoms with Crippen LogP contribution in [-0.4, -0.2) is 40.7 Å². The van der Waals surface area contributed by atoms with E-state index in [0.29, 0.717) is 17.2 Å². The van der Waals surface area contributed by atoms with Crippen LogP contribution in [0.2, 0.25) is 0 Å². The molecule has 3 heterocycles. The summed E-state index contributed by atoms with van der Waals surface area (Å²) in [5.74, 6) is 0.807.